The van der Waals surface area contributed by atoms with Gasteiger partial charge in [0, 0.05) is 17.1 Å². The number of amides is 2. The molecule has 0 atom stereocenters. The van der Waals surface area contributed by atoms with Gasteiger partial charge < -0.3 is 9.84 Å². The number of benzene rings is 1. The summed E-state index contributed by atoms with van der Waals surface area (Å²) in [5.74, 6) is 0.384. The maximum atomic E-state index is 11.5. The Bertz CT molecular complexity index is 499. The molecule has 88 valence electrons. The van der Waals surface area contributed by atoms with E-state index in [4.69, 9.17) is 0 Å². The zero-order valence-electron chi connectivity index (χ0n) is 8.81. The van der Waals surface area contributed by atoms with Gasteiger partial charge >= 0.3 is 6.03 Å². The van der Waals surface area contributed by atoms with Crippen LogP contribution < -0.4 is 10.6 Å². The van der Waals surface area contributed by atoms with Gasteiger partial charge in [-0.3, -0.25) is 5.32 Å². The summed E-state index contributed by atoms with van der Waals surface area (Å²) in [6, 6.07) is 8.93. The topological polar surface area (TPSA) is 67.2 Å². The fraction of sp³-hybridized carbons (Fsp3) is 0.0909. The van der Waals surface area contributed by atoms with Crippen molar-refractivity contribution in [1.29, 1.82) is 0 Å². The molecule has 17 heavy (non-hydrogen) atoms. The quantitative estimate of drug-likeness (QED) is 0.915. The van der Waals surface area contributed by atoms with Crippen LogP contribution in [0.2, 0.25) is 0 Å². The van der Waals surface area contributed by atoms with Crippen molar-refractivity contribution in [2.75, 3.05) is 5.32 Å². The molecular formula is C11H10BrN3O2. The third kappa shape index (κ3) is 3.32. The molecule has 1 heterocycles. The first-order chi connectivity index (χ1) is 8.25. The van der Waals surface area contributed by atoms with Crippen molar-refractivity contribution >= 4 is 27.8 Å². The molecule has 1 aromatic carbocycles. The fourth-order valence-electron chi connectivity index (χ4n) is 1.25. The van der Waals surface area contributed by atoms with Gasteiger partial charge in [0.1, 0.15) is 6.26 Å². The number of nitrogens with one attached hydrogen (secondary N) is 2. The number of nitrogens with zero attached hydrogens (tertiary/aromatic N) is 1. The van der Waals surface area contributed by atoms with Crippen LogP contribution >= 0.6 is 15.9 Å². The Balaban J connectivity index is 1.86. The maximum Gasteiger partial charge on any atom is 0.320 e. The molecule has 0 bridgehead atoms. The molecule has 0 radical (unpaired) electrons. The third-order valence-corrected chi connectivity index (χ3v) is 2.85. The van der Waals surface area contributed by atoms with Gasteiger partial charge in [0.25, 0.3) is 0 Å². The molecule has 1 aromatic heterocycles. The van der Waals surface area contributed by atoms with E-state index in [1.807, 2.05) is 24.3 Å². The van der Waals surface area contributed by atoms with Crippen molar-refractivity contribution in [2.45, 2.75) is 6.54 Å². The maximum absolute atomic E-state index is 11.5. The van der Waals surface area contributed by atoms with Gasteiger partial charge in [0.15, 0.2) is 5.82 Å². The van der Waals surface area contributed by atoms with Gasteiger partial charge in [-0.05, 0) is 11.6 Å². The van der Waals surface area contributed by atoms with Gasteiger partial charge in [-0.15, -0.1) is 0 Å². The zero-order valence-corrected chi connectivity index (χ0v) is 10.4. The van der Waals surface area contributed by atoms with Crippen molar-refractivity contribution in [1.82, 2.24) is 10.5 Å². The molecule has 2 amide bonds. The van der Waals surface area contributed by atoms with Gasteiger partial charge in [-0.1, -0.05) is 39.3 Å². The SMILES string of the molecule is O=C(NCc1ccccc1Br)Nc1ccon1. The largest absolute Gasteiger partial charge is 0.363 e. The van der Waals surface area contributed by atoms with Crippen LogP contribution in [0.3, 0.4) is 0 Å². The number of hydrogen-bond acceptors (Lipinski definition) is 3. The number of anilines is 1. The van der Waals surface area contributed by atoms with E-state index in [1.165, 1.54) is 6.26 Å². The van der Waals surface area contributed by atoms with E-state index in [9.17, 15) is 4.79 Å². The molecule has 0 aliphatic rings. The van der Waals surface area contributed by atoms with E-state index in [-0.39, 0.29) is 6.03 Å². The number of carbonyl (C=O) groups is 1. The lowest BCUT2D eigenvalue weighted by atomic mass is 10.2. The summed E-state index contributed by atoms with van der Waals surface area (Å²) < 4.78 is 5.56. The fourth-order valence-corrected chi connectivity index (χ4v) is 1.68. The molecule has 5 nitrogen and oxygen atoms in total. The molecular weight excluding hydrogens is 286 g/mol. The van der Waals surface area contributed by atoms with E-state index >= 15 is 0 Å². The summed E-state index contributed by atoms with van der Waals surface area (Å²) in [5.41, 5.74) is 1.00. The van der Waals surface area contributed by atoms with Crippen LogP contribution in [-0.2, 0) is 6.54 Å². The summed E-state index contributed by atoms with van der Waals surface area (Å²) in [6.45, 7) is 0.436. The first-order valence-electron chi connectivity index (χ1n) is 4.94. The van der Waals surface area contributed by atoms with E-state index < -0.39 is 0 Å². The first kappa shape index (κ1) is 11.7. The zero-order chi connectivity index (χ0) is 12.1. The second-order valence-corrected chi connectivity index (χ2v) is 4.14. The summed E-state index contributed by atoms with van der Waals surface area (Å²) in [4.78, 5) is 11.5. The van der Waals surface area contributed by atoms with Crippen LogP contribution in [0.25, 0.3) is 0 Å². The smallest absolute Gasteiger partial charge is 0.320 e. The Kier molecular flexibility index (Phi) is 3.77. The molecule has 0 aliphatic carbocycles. The minimum absolute atomic E-state index is 0.324. The monoisotopic (exact) mass is 295 g/mol. The molecule has 0 fully saturated rings. The van der Waals surface area contributed by atoms with Gasteiger partial charge in [-0.25, -0.2) is 4.79 Å². The minimum atomic E-state index is -0.324. The molecule has 0 aliphatic heterocycles. The second-order valence-electron chi connectivity index (χ2n) is 3.28. The third-order valence-electron chi connectivity index (χ3n) is 2.08. The number of hydrogen-bond donors (Lipinski definition) is 2. The number of aromatic nitrogens is 1. The van der Waals surface area contributed by atoms with E-state index in [0.29, 0.717) is 12.4 Å². The highest BCUT2D eigenvalue weighted by Gasteiger charge is 2.04. The van der Waals surface area contributed by atoms with Crippen LogP contribution in [0.1, 0.15) is 5.56 Å². The summed E-state index contributed by atoms with van der Waals surface area (Å²) in [5, 5.41) is 8.83. The van der Waals surface area contributed by atoms with E-state index in [2.05, 4.69) is 36.2 Å². The Morgan fingerprint density at radius 1 is 1.35 bits per heavy atom. The molecule has 2 aromatic rings. The predicted octanol–water partition coefficient (Wildman–Crippen LogP) is 2.76. The first-order valence-corrected chi connectivity index (χ1v) is 5.73. The Hall–Kier alpha value is -1.82. The number of urea groups is 1. The Morgan fingerprint density at radius 3 is 2.88 bits per heavy atom. The van der Waals surface area contributed by atoms with Gasteiger partial charge in [0.2, 0.25) is 0 Å². The average molecular weight is 296 g/mol. The molecule has 0 spiro atoms. The summed E-state index contributed by atoms with van der Waals surface area (Å²) in [6.07, 6.45) is 1.39. The van der Waals surface area contributed by atoms with Gasteiger partial charge in [-0.2, -0.15) is 0 Å². The van der Waals surface area contributed by atoms with Crippen LogP contribution in [0.15, 0.2) is 45.6 Å². The minimum Gasteiger partial charge on any atom is -0.363 e. The van der Waals surface area contributed by atoms with Crippen LogP contribution in [0.5, 0.6) is 0 Å². The normalized spacial score (nSPS) is 9.94. The summed E-state index contributed by atoms with van der Waals surface area (Å²) >= 11 is 3.41. The molecule has 6 heteroatoms. The van der Waals surface area contributed by atoms with Crippen LogP contribution in [0.4, 0.5) is 10.6 Å². The average Bonchev–Trinajstić information content (AvgIpc) is 2.81. The highest BCUT2D eigenvalue weighted by Crippen LogP contribution is 2.15. The lowest BCUT2D eigenvalue weighted by Crippen LogP contribution is -2.28. The number of carbonyl (C=O) groups excluding carboxylic acids is 1. The van der Waals surface area contributed by atoms with Crippen molar-refractivity contribution in [2.24, 2.45) is 0 Å². The van der Waals surface area contributed by atoms with Gasteiger partial charge in [0.05, 0.1) is 0 Å². The standard InChI is InChI=1S/C11H10BrN3O2/c12-9-4-2-1-3-8(9)7-13-11(16)14-10-5-6-17-15-10/h1-6H,7H2,(H2,13,14,15,16). The lowest BCUT2D eigenvalue weighted by Gasteiger charge is -2.06. The molecule has 2 N–H and O–H groups in total. The number of halogens is 1. The predicted molar refractivity (Wildman–Crippen MR) is 66.5 cm³/mol. The van der Waals surface area contributed by atoms with Crippen molar-refractivity contribution in [3.63, 3.8) is 0 Å². The second kappa shape index (κ2) is 5.49. The highest BCUT2D eigenvalue weighted by molar-refractivity contribution is 9.10. The lowest BCUT2D eigenvalue weighted by molar-refractivity contribution is 0.251. The van der Waals surface area contributed by atoms with E-state index in [1.54, 1.807) is 6.07 Å². The molecule has 0 saturated carbocycles. The molecule has 2 rings (SSSR count). The van der Waals surface area contributed by atoms with E-state index in [0.717, 1.165) is 10.0 Å². The van der Waals surface area contributed by atoms with Crippen molar-refractivity contribution in [3.8, 4) is 0 Å². The van der Waals surface area contributed by atoms with Crippen molar-refractivity contribution in [3.05, 3.63) is 46.6 Å². The Labute approximate surface area is 106 Å². The van der Waals surface area contributed by atoms with Crippen LogP contribution in [-0.4, -0.2) is 11.2 Å². The summed E-state index contributed by atoms with van der Waals surface area (Å²) in [7, 11) is 0. The van der Waals surface area contributed by atoms with Crippen molar-refractivity contribution < 1.29 is 9.32 Å². The molecule has 0 saturated heterocycles. The Morgan fingerprint density at radius 2 is 2.18 bits per heavy atom. The molecule has 0 unspecified atom stereocenters. The highest BCUT2D eigenvalue weighted by atomic mass is 79.9. The number of rotatable bonds is 3. The van der Waals surface area contributed by atoms with Crippen LogP contribution in [0, 0.1) is 0 Å².